The normalized spacial score (nSPS) is 20.6. The van der Waals surface area contributed by atoms with Gasteiger partial charge in [-0.25, -0.2) is 0 Å². The summed E-state index contributed by atoms with van der Waals surface area (Å²) in [6, 6.07) is 0. The summed E-state index contributed by atoms with van der Waals surface area (Å²) in [4.78, 5) is 0. The Morgan fingerprint density at radius 3 is 2.07 bits per heavy atom. The Hall–Kier alpha value is -0.0800. The van der Waals surface area contributed by atoms with Crippen LogP contribution < -0.4 is 0 Å². The number of ether oxygens (including phenoxy) is 1. The molecule has 2 nitrogen and oxygen atoms in total. The van der Waals surface area contributed by atoms with Crippen LogP contribution in [0.5, 0.6) is 0 Å². The van der Waals surface area contributed by atoms with Gasteiger partial charge in [-0.1, -0.05) is 27.7 Å². The van der Waals surface area contributed by atoms with Gasteiger partial charge in [0.2, 0.25) is 0 Å². The molecule has 0 aliphatic heterocycles. The van der Waals surface area contributed by atoms with Gasteiger partial charge in [0.25, 0.3) is 0 Å². The molecule has 0 aliphatic rings. The summed E-state index contributed by atoms with van der Waals surface area (Å²) in [6.45, 7) is 12.2. The lowest BCUT2D eigenvalue weighted by Gasteiger charge is -2.33. The van der Waals surface area contributed by atoms with Crippen LogP contribution in [0.2, 0.25) is 0 Å². The van der Waals surface area contributed by atoms with Crippen molar-refractivity contribution >= 4 is 0 Å². The summed E-state index contributed by atoms with van der Waals surface area (Å²) in [5.41, 5.74) is 0. The predicted octanol–water partition coefficient (Wildman–Crippen LogP) is 3.19. The predicted molar refractivity (Wildman–Crippen MR) is 60.1 cm³/mol. The van der Waals surface area contributed by atoms with Gasteiger partial charge in [0, 0.05) is 5.92 Å². The molecule has 3 unspecified atom stereocenters. The van der Waals surface area contributed by atoms with Gasteiger partial charge in [0.15, 0.2) is 5.79 Å². The second kappa shape index (κ2) is 5.72. The molecule has 0 saturated heterocycles. The molecule has 0 amide bonds. The quantitative estimate of drug-likeness (QED) is 0.670. The topological polar surface area (TPSA) is 29.5 Å². The third-order valence-electron chi connectivity index (χ3n) is 2.77. The Kier molecular flexibility index (Phi) is 5.68. The fraction of sp³-hybridized carbons (Fsp3) is 1.00. The van der Waals surface area contributed by atoms with E-state index in [0.717, 1.165) is 12.8 Å². The zero-order valence-corrected chi connectivity index (χ0v) is 10.5. The summed E-state index contributed by atoms with van der Waals surface area (Å²) in [5.74, 6) is -0.196. The highest BCUT2D eigenvalue weighted by Gasteiger charge is 2.29. The minimum Gasteiger partial charge on any atom is -0.365 e. The van der Waals surface area contributed by atoms with Crippen molar-refractivity contribution in [1.82, 2.24) is 0 Å². The molecule has 0 radical (unpaired) electrons. The van der Waals surface area contributed by atoms with Gasteiger partial charge in [0.05, 0.1) is 6.10 Å². The van der Waals surface area contributed by atoms with Crippen LogP contribution in [-0.4, -0.2) is 17.0 Å². The molecule has 3 atom stereocenters. The Labute approximate surface area is 88.7 Å². The van der Waals surface area contributed by atoms with Crippen LogP contribution >= 0.6 is 0 Å². The molecule has 0 spiro atoms. The SMILES string of the molecule is CCC(C)C(C)(O)OC(C)CC(C)C. The number of hydrogen-bond acceptors (Lipinski definition) is 2. The van der Waals surface area contributed by atoms with Crippen LogP contribution in [0.15, 0.2) is 0 Å². The first kappa shape index (κ1) is 13.9. The van der Waals surface area contributed by atoms with Crippen molar-refractivity contribution in [3.05, 3.63) is 0 Å². The molecule has 0 aliphatic carbocycles. The lowest BCUT2D eigenvalue weighted by Crippen LogP contribution is -2.39. The molecule has 0 saturated carbocycles. The van der Waals surface area contributed by atoms with E-state index in [9.17, 15) is 5.11 Å². The zero-order chi connectivity index (χ0) is 11.4. The van der Waals surface area contributed by atoms with Crippen molar-refractivity contribution in [3.63, 3.8) is 0 Å². The highest BCUT2D eigenvalue weighted by Crippen LogP contribution is 2.24. The van der Waals surface area contributed by atoms with Crippen LogP contribution in [-0.2, 0) is 4.74 Å². The molecule has 1 N–H and O–H groups in total. The highest BCUT2D eigenvalue weighted by atomic mass is 16.6. The first-order valence-corrected chi connectivity index (χ1v) is 5.69. The molecule has 0 rings (SSSR count). The van der Waals surface area contributed by atoms with E-state index < -0.39 is 5.79 Å². The van der Waals surface area contributed by atoms with E-state index in [0.29, 0.717) is 5.92 Å². The first-order valence-electron chi connectivity index (χ1n) is 5.69. The largest absolute Gasteiger partial charge is 0.365 e. The van der Waals surface area contributed by atoms with E-state index in [1.807, 2.05) is 13.8 Å². The molecule has 86 valence electrons. The van der Waals surface area contributed by atoms with Crippen LogP contribution in [0.1, 0.15) is 54.4 Å². The minimum atomic E-state index is -0.983. The summed E-state index contributed by atoms with van der Waals surface area (Å²) in [5, 5.41) is 10.0. The van der Waals surface area contributed by atoms with E-state index in [-0.39, 0.29) is 12.0 Å². The average molecular weight is 202 g/mol. The van der Waals surface area contributed by atoms with Gasteiger partial charge in [-0.05, 0) is 32.6 Å². The monoisotopic (exact) mass is 202 g/mol. The van der Waals surface area contributed by atoms with Gasteiger partial charge in [-0.2, -0.15) is 0 Å². The maximum Gasteiger partial charge on any atom is 0.165 e. The van der Waals surface area contributed by atoms with E-state index in [1.165, 1.54) is 0 Å². The third kappa shape index (κ3) is 4.97. The van der Waals surface area contributed by atoms with Gasteiger partial charge in [-0.15, -0.1) is 0 Å². The molecule has 0 fully saturated rings. The summed E-state index contributed by atoms with van der Waals surface area (Å²) >= 11 is 0. The highest BCUT2D eigenvalue weighted by molar-refractivity contribution is 4.70. The van der Waals surface area contributed by atoms with Crippen LogP contribution in [0.4, 0.5) is 0 Å². The maximum absolute atomic E-state index is 10.0. The van der Waals surface area contributed by atoms with Gasteiger partial charge in [-0.3, -0.25) is 0 Å². The Bertz CT molecular complexity index is 152. The summed E-state index contributed by atoms with van der Waals surface area (Å²) in [6.07, 6.45) is 2.05. The average Bonchev–Trinajstić information content (AvgIpc) is 1.99. The third-order valence-corrected chi connectivity index (χ3v) is 2.77. The van der Waals surface area contributed by atoms with Gasteiger partial charge < -0.3 is 9.84 Å². The molecule has 14 heavy (non-hydrogen) atoms. The minimum absolute atomic E-state index is 0.124. The molecule has 0 heterocycles. The molecule has 0 bridgehead atoms. The first-order chi connectivity index (χ1) is 6.29. The van der Waals surface area contributed by atoms with Crippen LogP contribution in [0.25, 0.3) is 0 Å². The lowest BCUT2D eigenvalue weighted by molar-refractivity contribution is -0.244. The Balaban J connectivity index is 4.07. The second-order valence-electron chi connectivity index (χ2n) is 4.92. The van der Waals surface area contributed by atoms with E-state index >= 15 is 0 Å². The Morgan fingerprint density at radius 2 is 1.71 bits per heavy atom. The smallest absolute Gasteiger partial charge is 0.165 e. The standard InChI is InChI=1S/C12H26O2/c1-7-10(4)12(6,13)14-11(5)8-9(2)3/h9-11,13H,7-8H2,1-6H3. The number of hydrogen-bond donors (Lipinski definition) is 1. The van der Waals surface area contributed by atoms with Crippen LogP contribution in [0, 0.1) is 11.8 Å². The van der Waals surface area contributed by atoms with Crippen molar-refractivity contribution in [3.8, 4) is 0 Å². The second-order valence-corrected chi connectivity index (χ2v) is 4.92. The van der Waals surface area contributed by atoms with E-state index in [4.69, 9.17) is 4.74 Å². The number of aliphatic hydroxyl groups is 1. The van der Waals surface area contributed by atoms with Gasteiger partial charge in [0.1, 0.15) is 0 Å². The fourth-order valence-electron chi connectivity index (χ4n) is 1.61. The molecular formula is C12H26O2. The van der Waals surface area contributed by atoms with Crippen molar-refractivity contribution in [2.45, 2.75) is 66.3 Å². The van der Waals surface area contributed by atoms with Crippen molar-refractivity contribution in [2.24, 2.45) is 11.8 Å². The summed E-state index contributed by atoms with van der Waals surface area (Å²) in [7, 11) is 0. The van der Waals surface area contributed by atoms with E-state index in [2.05, 4.69) is 20.8 Å². The zero-order valence-electron chi connectivity index (χ0n) is 10.5. The molecule has 0 aromatic carbocycles. The lowest BCUT2D eigenvalue weighted by atomic mass is 9.99. The molecule has 0 aromatic heterocycles. The summed E-state index contributed by atoms with van der Waals surface area (Å²) < 4.78 is 5.66. The Morgan fingerprint density at radius 1 is 1.21 bits per heavy atom. The van der Waals surface area contributed by atoms with Crippen molar-refractivity contribution < 1.29 is 9.84 Å². The van der Waals surface area contributed by atoms with Gasteiger partial charge >= 0.3 is 0 Å². The van der Waals surface area contributed by atoms with Crippen molar-refractivity contribution in [1.29, 1.82) is 0 Å². The van der Waals surface area contributed by atoms with Crippen LogP contribution in [0.3, 0.4) is 0 Å². The fourth-order valence-corrected chi connectivity index (χ4v) is 1.61. The number of rotatable bonds is 6. The molecular weight excluding hydrogens is 176 g/mol. The molecule has 0 aromatic rings. The molecule has 2 heteroatoms. The van der Waals surface area contributed by atoms with E-state index in [1.54, 1.807) is 6.92 Å². The maximum atomic E-state index is 10.0. The van der Waals surface area contributed by atoms with Crippen molar-refractivity contribution in [2.75, 3.05) is 0 Å².